The SMILES string of the molecule is COc1cc(C(=O)Nc2ccccc2Cc2ccccc2)c([N+](=O)[O-])cc1OC. The molecule has 3 aromatic rings. The highest BCUT2D eigenvalue weighted by Gasteiger charge is 2.25. The molecule has 1 amide bonds. The number of nitrogens with one attached hydrogen (secondary N) is 1. The Kier molecular flexibility index (Phi) is 6.09. The number of nitrogens with zero attached hydrogens (tertiary/aromatic N) is 1. The molecule has 7 nitrogen and oxygen atoms in total. The monoisotopic (exact) mass is 392 g/mol. The van der Waals surface area contributed by atoms with Crippen LogP contribution in [-0.4, -0.2) is 25.1 Å². The van der Waals surface area contributed by atoms with Crippen LogP contribution >= 0.6 is 0 Å². The Morgan fingerprint density at radius 2 is 1.59 bits per heavy atom. The van der Waals surface area contributed by atoms with Crippen LogP contribution in [0.25, 0.3) is 0 Å². The van der Waals surface area contributed by atoms with Gasteiger partial charge in [-0.1, -0.05) is 48.5 Å². The Hall–Kier alpha value is -3.87. The molecule has 3 aromatic carbocycles. The number of amides is 1. The lowest BCUT2D eigenvalue weighted by Crippen LogP contribution is -2.15. The van der Waals surface area contributed by atoms with Crippen molar-refractivity contribution in [3.05, 3.63) is 93.5 Å². The molecule has 0 saturated heterocycles. The van der Waals surface area contributed by atoms with Gasteiger partial charge in [0, 0.05) is 11.8 Å². The molecular weight excluding hydrogens is 372 g/mol. The van der Waals surface area contributed by atoms with Crippen LogP contribution in [0, 0.1) is 10.1 Å². The van der Waals surface area contributed by atoms with Crippen LogP contribution in [0.15, 0.2) is 66.7 Å². The van der Waals surface area contributed by atoms with Crippen molar-refractivity contribution in [3.63, 3.8) is 0 Å². The molecule has 0 aliphatic heterocycles. The Bertz CT molecular complexity index is 1030. The van der Waals surface area contributed by atoms with Crippen molar-refractivity contribution in [1.82, 2.24) is 0 Å². The third-order valence-electron chi connectivity index (χ3n) is 4.45. The van der Waals surface area contributed by atoms with Crippen molar-refractivity contribution in [2.75, 3.05) is 19.5 Å². The first-order valence-corrected chi connectivity index (χ1v) is 8.87. The zero-order chi connectivity index (χ0) is 20.8. The van der Waals surface area contributed by atoms with Gasteiger partial charge in [0.05, 0.1) is 25.2 Å². The number of nitro benzene ring substituents is 1. The van der Waals surface area contributed by atoms with E-state index in [-0.39, 0.29) is 22.7 Å². The fourth-order valence-electron chi connectivity index (χ4n) is 3.00. The summed E-state index contributed by atoms with van der Waals surface area (Å²) in [6.07, 6.45) is 0.616. The highest BCUT2D eigenvalue weighted by atomic mass is 16.6. The van der Waals surface area contributed by atoms with Crippen molar-refractivity contribution in [2.24, 2.45) is 0 Å². The van der Waals surface area contributed by atoms with E-state index in [1.807, 2.05) is 42.5 Å². The van der Waals surface area contributed by atoms with E-state index in [1.54, 1.807) is 12.1 Å². The summed E-state index contributed by atoms with van der Waals surface area (Å²) >= 11 is 0. The zero-order valence-corrected chi connectivity index (χ0v) is 16.0. The van der Waals surface area contributed by atoms with Crippen molar-refractivity contribution in [3.8, 4) is 11.5 Å². The van der Waals surface area contributed by atoms with E-state index in [1.165, 1.54) is 26.4 Å². The maximum absolute atomic E-state index is 12.9. The molecule has 0 bridgehead atoms. The highest BCUT2D eigenvalue weighted by molar-refractivity contribution is 6.08. The molecule has 0 fully saturated rings. The number of anilines is 1. The van der Waals surface area contributed by atoms with Crippen molar-refractivity contribution in [1.29, 1.82) is 0 Å². The summed E-state index contributed by atoms with van der Waals surface area (Å²) in [5, 5.41) is 14.3. The topological polar surface area (TPSA) is 90.7 Å². The summed E-state index contributed by atoms with van der Waals surface area (Å²) in [5.41, 5.74) is 2.11. The fraction of sp³-hybridized carbons (Fsp3) is 0.136. The van der Waals surface area contributed by atoms with E-state index >= 15 is 0 Å². The summed E-state index contributed by atoms with van der Waals surface area (Å²) in [6, 6.07) is 19.7. The Morgan fingerprint density at radius 3 is 2.24 bits per heavy atom. The zero-order valence-electron chi connectivity index (χ0n) is 16.0. The van der Waals surface area contributed by atoms with Gasteiger partial charge < -0.3 is 14.8 Å². The van der Waals surface area contributed by atoms with Crippen LogP contribution in [-0.2, 0) is 6.42 Å². The summed E-state index contributed by atoms with van der Waals surface area (Å²) < 4.78 is 10.3. The van der Waals surface area contributed by atoms with Gasteiger partial charge in [-0.15, -0.1) is 0 Å². The average Bonchev–Trinajstić information content (AvgIpc) is 2.74. The minimum Gasteiger partial charge on any atom is -0.493 e. The molecule has 3 rings (SSSR count). The first kappa shape index (κ1) is 19.9. The van der Waals surface area contributed by atoms with Crippen LogP contribution in [0.2, 0.25) is 0 Å². The number of methoxy groups -OCH3 is 2. The number of hydrogen-bond acceptors (Lipinski definition) is 5. The molecule has 0 aromatic heterocycles. The van der Waals surface area contributed by atoms with Gasteiger partial charge in [-0.2, -0.15) is 0 Å². The highest BCUT2D eigenvalue weighted by Crippen LogP contribution is 2.35. The van der Waals surface area contributed by atoms with Gasteiger partial charge in [-0.05, 0) is 23.6 Å². The van der Waals surface area contributed by atoms with Gasteiger partial charge in [0.2, 0.25) is 0 Å². The number of hydrogen-bond donors (Lipinski definition) is 1. The molecule has 148 valence electrons. The predicted molar refractivity (Wildman–Crippen MR) is 110 cm³/mol. The third-order valence-corrected chi connectivity index (χ3v) is 4.45. The number of rotatable bonds is 7. The lowest BCUT2D eigenvalue weighted by molar-refractivity contribution is -0.385. The minimum atomic E-state index is -0.618. The first-order valence-electron chi connectivity index (χ1n) is 8.87. The number of carbonyl (C=O) groups excluding carboxylic acids is 1. The molecular formula is C22H20N2O5. The third kappa shape index (κ3) is 4.52. The average molecular weight is 392 g/mol. The minimum absolute atomic E-state index is 0.109. The molecule has 0 radical (unpaired) electrons. The first-order chi connectivity index (χ1) is 14.0. The van der Waals surface area contributed by atoms with E-state index in [4.69, 9.17) is 9.47 Å². The molecule has 0 atom stereocenters. The van der Waals surface area contributed by atoms with Crippen LogP contribution in [0.1, 0.15) is 21.5 Å². The molecule has 0 saturated carbocycles. The van der Waals surface area contributed by atoms with E-state index in [2.05, 4.69) is 5.32 Å². The number of benzene rings is 3. The second kappa shape index (κ2) is 8.88. The number of para-hydroxylation sites is 1. The van der Waals surface area contributed by atoms with E-state index in [9.17, 15) is 14.9 Å². The normalized spacial score (nSPS) is 10.3. The van der Waals surface area contributed by atoms with Crippen LogP contribution < -0.4 is 14.8 Å². The van der Waals surface area contributed by atoms with Gasteiger partial charge in [0.15, 0.2) is 11.5 Å². The maximum Gasteiger partial charge on any atom is 0.286 e. The Balaban J connectivity index is 1.94. The van der Waals surface area contributed by atoms with Gasteiger partial charge in [0.25, 0.3) is 11.6 Å². The second-order valence-electron chi connectivity index (χ2n) is 6.26. The lowest BCUT2D eigenvalue weighted by atomic mass is 10.0. The summed E-state index contributed by atoms with van der Waals surface area (Å²) in [5.74, 6) is -0.181. The lowest BCUT2D eigenvalue weighted by Gasteiger charge is -2.13. The van der Waals surface area contributed by atoms with Crippen LogP contribution in [0.4, 0.5) is 11.4 Å². The second-order valence-corrected chi connectivity index (χ2v) is 6.26. The molecule has 29 heavy (non-hydrogen) atoms. The smallest absolute Gasteiger partial charge is 0.286 e. The molecule has 7 heteroatoms. The largest absolute Gasteiger partial charge is 0.493 e. The molecule has 1 N–H and O–H groups in total. The number of ether oxygens (including phenoxy) is 2. The Morgan fingerprint density at radius 1 is 0.966 bits per heavy atom. The van der Waals surface area contributed by atoms with Gasteiger partial charge in [0.1, 0.15) is 5.56 Å². The van der Waals surface area contributed by atoms with Crippen molar-refractivity contribution in [2.45, 2.75) is 6.42 Å². The van der Waals surface area contributed by atoms with Crippen LogP contribution in [0.3, 0.4) is 0 Å². The number of carbonyl (C=O) groups is 1. The quantitative estimate of drug-likeness (QED) is 0.474. The standard InChI is InChI=1S/C22H20N2O5/c1-28-20-13-17(19(24(26)27)14-21(20)29-2)22(25)23-18-11-7-6-10-16(18)12-15-8-4-3-5-9-15/h3-11,13-14H,12H2,1-2H3,(H,23,25). The Labute approximate surface area is 168 Å². The predicted octanol–water partition coefficient (Wildman–Crippen LogP) is 4.46. The summed E-state index contributed by atoms with van der Waals surface area (Å²) in [4.78, 5) is 23.8. The molecule has 0 heterocycles. The van der Waals surface area contributed by atoms with Crippen molar-refractivity contribution < 1.29 is 19.2 Å². The van der Waals surface area contributed by atoms with Crippen molar-refractivity contribution >= 4 is 17.3 Å². The van der Waals surface area contributed by atoms with E-state index in [0.29, 0.717) is 12.1 Å². The summed E-state index contributed by atoms with van der Waals surface area (Å²) in [7, 11) is 2.78. The molecule has 0 aliphatic carbocycles. The fourth-order valence-corrected chi connectivity index (χ4v) is 3.00. The van der Waals surface area contributed by atoms with E-state index < -0.39 is 10.8 Å². The maximum atomic E-state index is 12.9. The number of nitro groups is 1. The molecule has 0 unspecified atom stereocenters. The van der Waals surface area contributed by atoms with Gasteiger partial charge in [-0.25, -0.2) is 0 Å². The van der Waals surface area contributed by atoms with Gasteiger partial charge >= 0.3 is 0 Å². The molecule has 0 aliphatic rings. The summed E-state index contributed by atoms with van der Waals surface area (Å²) in [6.45, 7) is 0. The van der Waals surface area contributed by atoms with Crippen LogP contribution in [0.5, 0.6) is 11.5 Å². The molecule has 0 spiro atoms. The van der Waals surface area contributed by atoms with Gasteiger partial charge in [-0.3, -0.25) is 14.9 Å². The van der Waals surface area contributed by atoms with E-state index in [0.717, 1.165) is 11.1 Å².